The molecule has 0 radical (unpaired) electrons. The molecule has 1 aromatic heterocycles. The number of alkyl halides is 3. The van der Waals surface area contributed by atoms with Gasteiger partial charge in [-0.2, -0.15) is 13.2 Å². The second kappa shape index (κ2) is 6.08. The van der Waals surface area contributed by atoms with Gasteiger partial charge in [-0.1, -0.05) is 11.6 Å². The van der Waals surface area contributed by atoms with Crippen LogP contribution in [-0.2, 0) is 11.0 Å². The molecule has 1 heterocycles. The van der Waals surface area contributed by atoms with Crippen LogP contribution in [-0.4, -0.2) is 15.6 Å². The van der Waals surface area contributed by atoms with Gasteiger partial charge in [-0.3, -0.25) is 4.79 Å². The summed E-state index contributed by atoms with van der Waals surface area (Å²) in [5.41, 5.74) is -1.87. The molecular weight excluding hydrogens is 335 g/mol. The average molecular weight is 346 g/mol. The van der Waals surface area contributed by atoms with Gasteiger partial charge in [-0.15, -0.1) is 0 Å². The van der Waals surface area contributed by atoms with Gasteiger partial charge in [-0.25, -0.2) is 4.79 Å². The number of carboxylic acids is 1. The van der Waals surface area contributed by atoms with Crippen molar-refractivity contribution in [3.63, 3.8) is 0 Å². The second-order valence-electron chi connectivity index (χ2n) is 4.86. The molecule has 0 saturated carbocycles. The van der Waals surface area contributed by atoms with Crippen LogP contribution >= 0.6 is 11.6 Å². The molecule has 4 nitrogen and oxygen atoms in total. The maximum Gasteiger partial charge on any atom is 0.417 e. The van der Waals surface area contributed by atoms with E-state index < -0.39 is 29.3 Å². The molecule has 0 bridgehead atoms. The molecule has 0 amide bonds. The third-order valence-corrected chi connectivity index (χ3v) is 3.56. The lowest BCUT2D eigenvalue weighted by Crippen LogP contribution is -2.27. The van der Waals surface area contributed by atoms with E-state index in [-0.39, 0.29) is 16.1 Å². The fraction of sp³-hybridized carbons (Fsp3) is 0.200. The largest absolute Gasteiger partial charge is 0.480 e. The molecule has 0 spiro atoms. The predicted octanol–water partition coefficient (Wildman–Crippen LogP) is 3.83. The van der Waals surface area contributed by atoms with E-state index in [0.717, 1.165) is 35.0 Å². The summed E-state index contributed by atoms with van der Waals surface area (Å²) in [5.74, 6) is -1.22. The Kier molecular flexibility index (Phi) is 4.51. The first kappa shape index (κ1) is 17.1. The summed E-state index contributed by atoms with van der Waals surface area (Å²) in [6.45, 7) is 1.30. The Morgan fingerprint density at radius 2 is 1.91 bits per heavy atom. The SMILES string of the molecule is C[C@@H](C(=O)O)n1ccc(-c2cc(Cl)ccc2C(F)(F)F)cc1=O. The molecule has 0 unspecified atom stereocenters. The minimum Gasteiger partial charge on any atom is -0.480 e. The lowest BCUT2D eigenvalue weighted by Gasteiger charge is -2.15. The van der Waals surface area contributed by atoms with Gasteiger partial charge in [0.2, 0.25) is 0 Å². The van der Waals surface area contributed by atoms with Gasteiger partial charge >= 0.3 is 12.1 Å². The molecule has 23 heavy (non-hydrogen) atoms. The summed E-state index contributed by atoms with van der Waals surface area (Å²) >= 11 is 5.75. The highest BCUT2D eigenvalue weighted by Crippen LogP contribution is 2.38. The van der Waals surface area contributed by atoms with Crippen LogP contribution in [0, 0.1) is 0 Å². The zero-order valence-corrected chi connectivity index (χ0v) is 12.5. The highest BCUT2D eigenvalue weighted by atomic mass is 35.5. The Bertz CT molecular complexity index is 814. The van der Waals surface area contributed by atoms with Crippen LogP contribution in [0.25, 0.3) is 11.1 Å². The van der Waals surface area contributed by atoms with Gasteiger partial charge < -0.3 is 9.67 Å². The minimum absolute atomic E-state index is 0.0127. The van der Waals surface area contributed by atoms with Gasteiger partial charge in [0.25, 0.3) is 5.56 Å². The Morgan fingerprint density at radius 3 is 2.43 bits per heavy atom. The van der Waals surface area contributed by atoms with Gasteiger partial charge in [-0.05, 0) is 42.3 Å². The molecule has 2 rings (SSSR count). The molecule has 0 aliphatic heterocycles. The van der Waals surface area contributed by atoms with Gasteiger partial charge in [0.05, 0.1) is 5.56 Å². The number of benzene rings is 1. The van der Waals surface area contributed by atoms with Crippen LogP contribution in [0.5, 0.6) is 0 Å². The van der Waals surface area contributed by atoms with Gasteiger partial charge in [0, 0.05) is 17.3 Å². The smallest absolute Gasteiger partial charge is 0.417 e. The van der Waals surface area contributed by atoms with Gasteiger partial charge in [0.15, 0.2) is 0 Å². The van der Waals surface area contributed by atoms with E-state index in [0.29, 0.717) is 0 Å². The van der Waals surface area contributed by atoms with Crippen molar-refractivity contribution < 1.29 is 23.1 Å². The Hall–Kier alpha value is -2.28. The molecule has 1 atom stereocenters. The van der Waals surface area contributed by atoms with E-state index in [2.05, 4.69) is 0 Å². The summed E-state index contributed by atoms with van der Waals surface area (Å²) < 4.78 is 40.1. The Labute approximate surface area is 133 Å². The maximum atomic E-state index is 13.1. The molecular formula is C15H11ClF3NO3. The number of carbonyl (C=O) groups is 1. The first-order chi connectivity index (χ1) is 10.6. The average Bonchev–Trinajstić information content (AvgIpc) is 2.45. The summed E-state index contributed by atoms with van der Waals surface area (Å²) in [7, 11) is 0. The van der Waals surface area contributed by atoms with Gasteiger partial charge in [0.1, 0.15) is 6.04 Å². The Morgan fingerprint density at radius 1 is 1.26 bits per heavy atom. The number of carboxylic acid groups (broad SMARTS) is 1. The van der Waals surface area contributed by atoms with E-state index >= 15 is 0 Å². The topological polar surface area (TPSA) is 59.3 Å². The summed E-state index contributed by atoms with van der Waals surface area (Å²) in [6, 6.07) is 4.15. The molecule has 1 aromatic carbocycles. The number of aliphatic carboxylic acids is 1. The van der Waals surface area contributed by atoms with E-state index in [1.54, 1.807) is 0 Å². The first-order valence-corrected chi connectivity index (χ1v) is 6.81. The molecule has 122 valence electrons. The van der Waals surface area contributed by atoms with E-state index in [1.807, 2.05) is 0 Å². The van der Waals surface area contributed by atoms with Crippen molar-refractivity contribution in [2.24, 2.45) is 0 Å². The quantitative estimate of drug-likeness (QED) is 0.919. The summed E-state index contributed by atoms with van der Waals surface area (Å²) in [6.07, 6.45) is -3.46. The number of hydrogen-bond acceptors (Lipinski definition) is 2. The van der Waals surface area contributed by atoms with Crippen molar-refractivity contribution in [3.8, 4) is 11.1 Å². The fourth-order valence-electron chi connectivity index (χ4n) is 2.10. The fourth-order valence-corrected chi connectivity index (χ4v) is 2.27. The van der Waals surface area contributed by atoms with Crippen LogP contribution < -0.4 is 5.56 Å². The predicted molar refractivity (Wildman–Crippen MR) is 78.5 cm³/mol. The highest BCUT2D eigenvalue weighted by Gasteiger charge is 2.33. The van der Waals surface area contributed by atoms with Crippen LogP contribution in [0.1, 0.15) is 18.5 Å². The lowest BCUT2D eigenvalue weighted by molar-refractivity contribution is -0.140. The standard InChI is InChI=1S/C15H11ClF3NO3/c1-8(14(22)23)20-5-4-9(6-13(20)21)11-7-10(16)2-3-12(11)15(17,18)19/h2-8H,1H3,(H,22,23)/t8-/m0/s1. The monoisotopic (exact) mass is 345 g/mol. The number of hydrogen-bond donors (Lipinski definition) is 1. The van der Waals surface area contributed by atoms with Crippen molar-refractivity contribution in [2.75, 3.05) is 0 Å². The van der Waals surface area contributed by atoms with Crippen molar-refractivity contribution in [3.05, 3.63) is 57.5 Å². The normalized spacial score (nSPS) is 12.9. The molecule has 0 aliphatic carbocycles. The molecule has 1 N–H and O–H groups in total. The van der Waals surface area contributed by atoms with Crippen LogP contribution in [0.4, 0.5) is 13.2 Å². The number of nitrogens with zero attached hydrogens (tertiary/aromatic N) is 1. The van der Waals surface area contributed by atoms with Crippen LogP contribution in [0.3, 0.4) is 0 Å². The van der Waals surface area contributed by atoms with E-state index in [1.165, 1.54) is 13.0 Å². The zero-order chi connectivity index (χ0) is 17.4. The summed E-state index contributed by atoms with van der Waals surface area (Å²) in [5, 5.41) is 9.00. The number of pyridine rings is 1. The van der Waals surface area contributed by atoms with E-state index in [9.17, 15) is 22.8 Å². The van der Waals surface area contributed by atoms with Crippen LogP contribution in [0.15, 0.2) is 41.3 Å². The first-order valence-electron chi connectivity index (χ1n) is 6.43. The van der Waals surface area contributed by atoms with Crippen molar-refractivity contribution in [2.45, 2.75) is 19.1 Å². The van der Waals surface area contributed by atoms with Crippen molar-refractivity contribution >= 4 is 17.6 Å². The molecule has 8 heteroatoms. The molecule has 2 aromatic rings. The third kappa shape index (κ3) is 3.56. The van der Waals surface area contributed by atoms with Crippen LogP contribution in [0.2, 0.25) is 5.02 Å². The maximum absolute atomic E-state index is 13.1. The zero-order valence-electron chi connectivity index (χ0n) is 11.8. The third-order valence-electron chi connectivity index (χ3n) is 3.32. The second-order valence-corrected chi connectivity index (χ2v) is 5.30. The molecule has 0 fully saturated rings. The van der Waals surface area contributed by atoms with E-state index in [4.69, 9.17) is 16.7 Å². The van der Waals surface area contributed by atoms with Crippen molar-refractivity contribution in [1.29, 1.82) is 0 Å². The minimum atomic E-state index is -4.61. The molecule has 0 saturated heterocycles. The summed E-state index contributed by atoms with van der Waals surface area (Å²) in [4.78, 5) is 22.9. The lowest BCUT2D eigenvalue weighted by atomic mass is 10.00. The Balaban J connectivity index is 2.61. The number of halogens is 4. The molecule has 0 aliphatic rings. The number of rotatable bonds is 3. The highest BCUT2D eigenvalue weighted by molar-refractivity contribution is 6.30. The number of aromatic nitrogens is 1. The van der Waals surface area contributed by atoms with Crippen molar-refractivity contribution in [1.82, 2.24) is 4.57 Å².